The van der Waals surface area contributed by atoms with Gasteiger partial charge in [0.25, 0.3) is 0 Å². The van der Waals surface area contributed by atoms with E-state index in [2.05, 4.69) is 4.98 Å². The van der Waals surface area contributed by atoms with Crippen molar-refractivity contribution in [3.63, 3.8) is 0 Å². The Hall–Kier alpha value is -0.970. The Morgan fingerprint density at radius 3 is 2.46 bits per heavy atom. The van der Waals surface area contributed by atoms with Gasteiger partial charge in [0.2, 0.25) is 0 Å². The first-order chi connectivity index (χ1) is 5.84. The topological polar surface area (TPSA) is 38.9 Å². The molecule has 0 radical (unpaired) electrons. The van der Waals surface area contributed by atoms with Gasteiger partial charge in [-0.3, -0.25) is 0 Å². The van der Waals surface area contributed by atoms with Gasteiger partial charge in [0, 0.05) is 6.20 Å². The van der Waals surface area contributed by atoms with Crippen molar-refractivity contribution in [1.82, 2.24) is 4.98 Å². The highest BCUT2D eigenvalue weighted by Gasteiger charge is 2.33. The third-order valence-electron chi connectivity index (χ3n) is 1.60. The molecule has 1 aromatic rings. The molecule has 0 aliphatic carbocycles. The number of rotatable bonds is 0. The van der Waals surface area contributed by atoms with Crippen molar-refractivity contribution in [1.29, 1.82) is 0 Å². The van der Waals surface area contributed by atoms with Crippen LogP contribution in [-0.4, -0.2) is 4.98 Å². The molecule has 0 bridgehead atoms. The summed E-state index contributed by atoms with van der Waals surface area (Å²) in [5.74, 6) is -0.0906. The Labute approximate surface area is 77.5 Å². The zero-order valence-corrected chi connectivity index (χ0v) is 7.37. The SMILES string of the molecule is Cc1c(C(F)(F)F)cnc(N)c1Cl. The molecule has 1 heterocycles. The number of alkyl halides is 3. The standard InChI is InChI=1S/C7H6ClF3N2/c1-3-4(7(9,10)11)2-13-6(12)5(3)8/h2H,1H3,(H2,12,13). The number of nitrogens with two attached hydrogens (primary N) is 1. The molecule has 0 aliphatic rings. The van der Waals surface area contributed by atoms with Crippen LogP contribution in [-0.2, 0) is 6.18 Å². The number of hydrogen-bond donors (Lipinski definition) is 1. The lowest BCUT2D eigenvalue weighted by Gasteiger charge is -2.11. The van der Waals surface area contributed by atoms with Gasteiger partial charge in [-0.05, 0) is 12.5 Å². The fourth-order valence-electron chi connectivity index (χ4n) is 0.884. The average Bonchev–Trinajstić information content (AvgIpc) is 1.98. The van der Waals surface area contributed by atoms with Crippen molar-refractivity contribution in [2.24, 2.45) is 0 Å². The highest BCUT2D eigenvalue weighted by Crippen LogP contribution is 2.35. The van der Waals surface area contributed by atoms with Crippen LogP contribution in [0.5, 0.6) is 0 Å². The van der Waals surface area contributed by atoms with Crippen molar-refractivity contribution in [3.8, 4) is 0 Å². The molecule has 13 heavy (non-hydrogen) atoms. The van der Waals surface area contributed by atoms with Crippen LogP contribution < -0.4 is 5.73 Å². The van der Waals surface area contributed by atoms with Crippen molar-refractivity contribution >= 4 is 17.4 Å². The van der Waals surface area contributed by atoms with Crippen LogP contribution in [0.2, 0.25) is 5.02 Å². The van der Waals surface area contributed by atoms with E-state index >= 15 is 0 Å². The predicted molar refractivity (Wildman–Crippen MR) is 43.4 cm³/mol. The molecule has 6 heteroatoms. The van der Waals surface area contributed by atoms with E-state index in [9.17, 15) is 13.2 Å². The second-order valence-corrected chi connectivity index (χ2v) is 2.87. The quantitative estimate of drug-likeness (QED) is 0.715. The van der Waals surface area contributed by atoms with E-state index < -0.39 is 11.7 Å². The normalized spacial score (nSPS) is 11.8. The number of nitrogens with zero attached hydrogens (tertiary/aromatic N) is 1. The van der Waals surface area contributed by atoms with Crippen molar-refractivity contribution in [2.45, 2.75) is 13.1 Å². The summed E-state index contributed by atoms with van der Waals surface area (Å²) in [5, 5.41) is -0.144. The second kappa shape index (κ2) is 3.06. The van der Waals surface area contributed by atoms with Gasteiger partial charge < -0.3 is 5.73 Å². The van der Waals surface area contributed by atoms with Gasteiger partial charge in [-0.15, -0.1) is 0 Å². The minimum absolute atomic E-state index is 0.0906. The van der Waals surface area contributed by atoms with Crippen LogP contribution in [0.1, 0.15) is 11.1 Å². The Balaban J connectivity index is 3.35. The van der Waals surface area contributed by atoms with E-state index in [1.54, 1.807) is 0 Å². The van der Waals surface area contributed by atoms with E-state index in [1.165, 1.54) is 6.92 Å². The molecule has 0 atom stereocenters. The summed E-state index contributed by atoms with van der Waals surface area (Å²) in [5.41, 5.74) is 4.27. The van der Waals surface area contributed by atoms with Gasteiger partial charge in [0.05, 0.1) is 10.6 Å². The molecule has 2 nitrogen and oxygen atoms in total. The fourth-order valence-corrected chi connectivity index (χ4v) is 1.03. The van der Waals surface area contributed by atoms with Gasteiger partial charge in [0.1, 0.15) is 5.82 Å². The average molecular weight is 211 g/mol. The van der Waals surface area contributed by atoms with E-state index in [4.69, 9.17) is 17.3 Å². The Morgan fingerprint density at radius 1 is 1.46 bits per heavy atom. The summed E-state index contributed by atoms with van der Waals surface area (Å²) in [6.07, 6.45) is -3.76. The first kappa shape index (κ1) is 10.1. The molecule has 2 N–H and O–H groups in total. The van der Waals surface area contributed by atoms with Crippen LogP contribution in [0.25, 0.3) is 0 Å². The van der Waals surface area contributed by atoms with E-state index in [0.717, 1.165) is 0 Å². The Kier molecular flexibility index (Phi) is 2.38. The van der Waals surface area contributed by atoms with Crippen LogP contribution in [0.4, 0.5) is 19.0 Å². The Bertz CT molecular complexity index is 335. The molecule has 0 aliphatic heterocycles. The van der Waals surface area contributed by atoms with Crippen LogP contribution >= 0.6 is 11.6 Å². The van der Waals surface area contributed by atoms with Gasteiger partial charge >= 0.3 is 6.18 Å². The van der Waals surface area contributed by atoms with E-state index in [-0.39, 0.29) is 16.4 Å². The zero-order chi connectivity index (χ0) is 10.2. The van der Waals surface area contributed by atoms with Crippen molar-refractivity contribution in [2.75, 3.05) is 5.73 Å². The van der Waals surface area contributed by atoms with Crippen LogP contribution in [0, 0.1) is 6.92 Å². The molecule has 0 aromatic carbocycles. The smallest absolute Gasteiger partial charge is 0.382 e. The molecule has 0 saturated carbocycles. The Morgan fingerprint density at radius 2 is 2.00 bits per heavy atom. The number of pyridine rings is 1. The summed E-state index contributed by atoms with van der Waals surface area (Å²) in [7, 11) is 0. The predicted octanol–water partition coefficient (Wildman–Crippen LogP) is 2.64. The number of halogens is 4. The molecule has 0 unspecified atom stereocenters. The zero-order valence-electron chi connectivity index (χ0n) is 6.61. The highest BCUT2D eigenvalue weighted by atomic mass is 35.5. The maximum Gasteiger partial charge on any atom is 0.418 e. The molecular formula is C7H6ClF3N2. The lowest BCUT2D eigenvalue weighted by Crippen LogP contribution is -2.09. The monoisotopic (exact) mass is 210 g/mol. The van der Waals surface area contributed by atoms with Crippen molar-refractivity contribution < 1.29 is 13.2 Å². The lowest BCUT2D eigenvalue weighted by molar-refractivity contribution is -0.138. The van der Waals surface area contributed by atoms with Gasteiger partial charge in [0.15, 0.2) is 0 Å². The van der Waals surface area contributed by atoms with Crippen molar-refractivity contribution in [3.05, 3.63) is 22.3 Å². The molecule has 1 aromatic heterocycles. The van der Waals surface area contributed by atoms with E-state index in [0.29, 0.717) is 6.20 Å². The minimum atomic E-state index is -4.44. The minimum Gasteiger partial charge on any atom is -0.382 e. The summed E-state index contributed by atoms with van der Waals surface area (Å²) in [6.45, 7) is 1.25. The summed E-state index contributed by atoms with van der Waals surface area (Å²) in [6, 6.07) is 0. The molecule has 72 valence electrons. The molecular weight excluding hydrogens is 205 g/mol. The molecule has 0 fully saturated rings. The van der Waals surface area contributed by atoms with Crippen LogP contribution in [0.3, 0.4) is 0 Å². The lowest BCUT2D eigenvalue weighted by atomic mass is 10.1. The first-order valence-corrected chi connectivity index (χ1v) is 3.69. The first-order valence-electron chi connectivity index (χ1n) is 3.32. The molecule has 0 amide bonds. The maximum absolute atomic E-state index is 12.2. The molecule has 0 saturated heterocycles. The molecule has 0 spiro atoms. The largest absolute Gasteiger partial charge is 0.418 e. The summed E-state index contributed by atoms with van der Waals surface area (Å²) < 4.78 is 36.7. The van der Waals surface area contributed by atoms with Gasteiger partial charge in [-0.1, -0.05) is 11.6 Å². The number of nitrogen functional groups attached to an aromatic ring is 1. The van der Waals surface area contributed by atoms with Gasteiger partial charge in [-0.2, -0.15) is 13.2 Å². The number of hydrogen-bond acceptors (Lipinski definition) is 2. The number of anilines is 1. The third-order valence-corrected chi connectivity index (χ3v) is 2.07. The summed E-state index contributed by atoms with van der Waals surface area (Å²) >= 11 is 5.50. The maximum atomic E-state index is 12.2. The second-order valence-electron chi connectivity index (χ2n) is 2.49. The van der Waals surface area contributed by atoms with E-state index in [1.807, 2.05) is 0 Å². The highest BCUT2D eigenvalue weighted by molar-refractivity contribution is 6.33. The van der Waals surface area contributed by atoms with Gasteiger partial charge in [-0.25, -0.2) is 4.98 Å². The molecule has 1 rings (SSSR count). The summed E-state index contributed by atoms with van der Waals surface area (Å²) in [4.78, 5) is 3.33. The fraction of sp³-hybridized carbons (Fsp3) is 0.286. The third kappa shape index (κ3) is 1.85. The number of aromatic nitrogens is 1. The van der Waals surface area contributed by atoms with Crippen LogP contribution in [0.15, 0.2) is 6.20 Å².